The third-order valence-corrected chi connectivity index (χ3v) is 4.84. The van der Waals surface area contributed by atoms with Gasteiger partial charge in [0.1, 0.15) is 6.61 Å². The molecule has 0 saturated carbocycles. The molecule has 0 amide bonds. The van der Waals surface area contributed by atoms with Crippen LogP contribution in [0.25, 0.3) is 11.0 Å². The van der Waals surface area contributed by atoms with E-state index in [1.54, 1.807) is 0 Å². The van der Waals surface area contributed by atoms with E-state index in [2.05, 4.69) is 46.5 Å². The van der Waals surface area contributed by atoms with Crippen molar-refractivity contribution in [2.24, 2.45) is 0 Å². The molecule has 30 heavy (non-hydrogen) atoms. The van der Waals surface area contributed by atoms with Crippen molar-refractivity contribution < 1.29 is 9.47 Å². The molecule has 3 aromatic carbocycles. The standard InChI is InChI=1S/C24H25N3O3/c1-3-29-23-12-18(8-11-22(23)30-15-17-6-4-16(2)5-7-17)14-25-19-9-10-20-21(13-19)27-24(28)26-20/h4-13,25H,3,14-15H2,1-2H3,(H2,26,27,28). The van der Waals surface area contributed by atoms with E-state index in [0.717, 1.165) is 39.3 Å². The van der Waals surface area contributed by atoms with Gasteiger partial charge in [-0.25, -0.2) is 4.79 Å². The fourth-order valence-electron chi connectivity index (χ4n) is 3.24. The van der Waals surface area contributed by atoms with Crippen molar-refractivity contribution in [2.75, 3.05) is 11.9 Å². The van der Waals surface area contributed by atoms with E-state index < -0.39 is 0 Å². The quantitative estimate of drug-likeness (QED) is 0.396. The first-order chi connectivity index (χ1) is 14.6. The Labute approximate surface area is 174 Å². The lowest BCUT2D eigenvalue weighted by Crippen LogP contribution is -2.03. The zero-order valence-electron chi connectivity index (χ0n) is 17.1. The fourth-order valence-corrected chi connectivity index (χ4v) is 3.24. The maximum Gasteiger partial charge on any atom is 0.323 e. The van der Waals surface area contributed by atoms with E-state index in [-0.39, 0.29) is 5.69 Å². The number of hydrogen-bond acceptors (Lipinski definition) is 4. The number of aromatic amines is 2. The first-order valence-corrected chi connectivity index (χ1v) is 10.0. The Balaban J connectivity index is 1.44. The van der Waals surface area contributed by atoms with Gasteiger partial charge in [-0.05, 0) is 55.3 Å². The van der Waals surface area contributed by atoms with Gasteiger partial charge in [-0.2, -0.15) is 0 Å². The molecule has 0 aliphatic rings. The number of benzene rings is 3. The smallest absolute Gasteiger partial charge is 0.323 e. The van der Waals surface area contributed by atoms with E-state index in [1.165, 1.54) is 5.56 Å². The molecular formula is C24H25N3O3. The van der Waals surface area contributed by atoms with Gasteiger partial charge in [-0.15, -0.1) is 0 Å². The molecule has 4 aromatic rings. The number of nitrogens with one attached hydrogen (secondary N) is 3. The highest BCUT2D eigenvalue weighted by Crippen LogP contribution is 2.30. The van der Waals surface area contributed by atoms with Crippen LogP contribution in [0.2, 0.25) is 0 Å². The molecule has 0 unspecified atom stereocenters. The Kier molecular flexibility index (Phi) is 5.75. The second-order valence-electron chi connectivity index (χ2n) is 7.18. The highest BCUT2D eigenvalue weighted by molar-refractivity contribution is 5.78. The molecule has 0 aliphatic heterocycles. The van der Waals surface area contributed by atoms with Crippen LogP contribution in [0.3, 0.4) is 0 Å². The minimum absolute atomic E-state index is 0.204. The van der Waals surface area contributed by atoms with Crippen molar-refractivity contribution in [1.82, 2.24) is 9.97 Å². The molecule has 0 saturated heterocycles. The summed E-state index contributed by atoms with van der Waals surface area (Å²) in [4.78, 5) is 16.9. The Morgan fingerprint density at radius 2 is 1.60 bits per heavy atom. The summed E-state index contributed by atoms with van der Waals surface area (Å²) < 4.78 is 11.8. The molecule has 1 heterocycles. The third-order valence-electron chi connectivity index (χ3n) is 4.84. The van der Waals surface area contributed by atoms with Crippen LogP contribution in [0, 0.1) is 6.92 Å². The van der Waals surface area contributed by atoms with Crippen LogP contribution < -0.4 is 20.5 Å². The number of aromatic nitrogens is 2. The molecule has 0 atom stereocenters. The topological polar surface area (TPSA) is 79.1 Å². The van der Waals surface area contributed by atoms with Gasteiger partial charge in [0.25, 0.3) is 0 Å². The van der Waals surface area contributed by atoms with Crippen molar-refractivity contribution in [3.63, 3.8) is 0 Å². The minimum Gasteiger partial charge on any atom is -0.490 e. The summed E-state index contributed by atoms with van der Waals surface area (Å²) in [6.07, 6.45) is 0. The first-order valence-electron chi connectivity index (χ1n) is 10.0. The lowest BCUT2D eigenvalue weighted by molar-refractivity contribution is 0.269. The summed E-state index contributed by atoms with van der Waals surface area (Å²) in [6.45, 7) is 5.71. The second-order valence-corrected chi connectivity index (χ2v) is 7.18. The number of fused-ring (bicyclic) bond motifs is 1. The van der Waals surface area contributed by atoms with Gasteiger partial charge in [-0.3, -0.25) is 0 Å². The molecule has 6 nitrogen and oxygen atoms in total. The van der Waals surface area contributed by atoms with Gasteiger partial charge in [0, 0.05) is 12.2 Å². The van der Waals surface area contributed by atoms with Crippen molar-refractivity contribution >= 4 is 16.7 Å². The molecule has 0 bridgehead atoms. The van der Waals surface area contributed by atoms with Crippen LogP contribution in [0.1, 0.15) is 23.6 Å². The number of anilines is 1. The van der Waals surface area contributed by atoms with Crippen LogP contribution in [-0.2, 0) is 13.2 Å². The Hall–Kier alpha value is -3.67. The summed E-state index contributed by atoms with van der Waals surface area (Å²) in [5.74, 6) is 1.46. The Bertz CT molecular complexity index is 1190. The van der Waals surface area contributed by atoms with E-state index >= 15 is 0 Å². The van der Waals surface area contributed by atoms with Crippen LogP contribution in [-0.4, -0.2) is 16.6 Å². The van der Waals surface area contributed by atoms with Crippen molar-refractivity contribution in [3.05, 3.63) is 87.8 Å². The number of rotatable bonds is 8. The van der Waals surface area contributed by atoms with Gasteiger partial charge in [0.2, 0.25) is 0 Å². The van der Waals surface area contributed by atoms with Crippen molar-refractivity contribution in [3.8, 4) is 11.5 Å². The molecule has 154 valence electrons. The number of imidazole rings is 1. The second kappa shape index (κ2) is 8.78. The highest BCUT2D eigenvalue weighted by atomic mass is 16.5. The van der Waals surface area contributed by atoms with Gasteiger partial charge in [0.05, 0.1) is 17.6 Å². The minimum atomic E-state index is -0.204. The predicted molar refractivity (Wildman–Crippen MR) is 119 cm³/mol. The van der Waals surface area contributed by atoms with E-state index in [9.17, 15) is 4.79 Å². The van der Waals surface area contributed by atoms with Gasteiger partial charge < -0.3 is 24.8 Å². The number of hydrogen-bond donors (Lipinski definition) is 3. The highest BCUT2D eigenvalue weighted by Gasteiger charge is 2.08. The summed E-state index contributed by atoms with van der Waals surface area (Å²) in [5, 5.41) is 3.38. The van der Waals surface area contributed by atoms with Gasteiger partial charge >= 0.3 is 5.69 Å². The average molecular weight is 403 g/mol. The summed E-state index contributed by atoms with van der Waals surface area (Å²) in [5.41, 5.74) is 5.71. The predicted octanol–water partition coefficient (Wildman–Crippen LogP) is 4.75. The lowest BCUT2D eigenvalue weighted by atomic mass is 10.1. The third kappa shape index (κ3) is 4.66. The van der Waals surface area contributed by atoms with Gasteiger partial charge in [0.15, 0.2) is 11.5 Å². The zero-order valence-corrected chi connectivity index (χ0v) is 17.1. The molecule has 0 aliphatic carbocycles. The zero-order chi connectivity index (χ0) is 20.9. The van der Waals surface area contributed by atoms with E-state index in [0.29, 0.717) is 19.8 Å². The molecule has 4 rings (SSSR count). The van der Waals surface area contributed by atoms with Crippen molar-refractivity contribution in [1.29, 1.82) is 0 Å². The van der Waals surface area contributed by atoms with Crippen molar-refractivity contribution in [2.45, 2.75) is 27.0 Å². The van der Waals surface area contributed by atoms with Crippen LogP contribution >= 0.6 is 0 Å². The Morgan fingerprint density at radius 1 is 0.833 bits per heavy atom. The SMILES string of the molecule is CCOc1cc(CNc2ccc3[nH]c(=O)[nH]c3c2)ccc1OCc1ccc(C)cc1. The largest absolute Gasteiger partial charge is 0.490 e. The monoisotopic (exact) mass is 403 g/mol. The maximum absolute atomic E-state index is 11.4. The maximum atomic E-state index is 11.4. The number of aryl methyl sites for hydroxylation is 1. The average Bonchev–Trinajstić information content (AvgIpc) is 3.12. The molecule has 1 aromatic heterocycles. The van der Waals surface area contributed by atoms with E-state index in [4.69, 9.17) is 9.47 Å². The summed E-state index contributed by atoms with van der Waals surface area (Å²) in [6, 6.07) is 20.0. The Morgan fingerprint density at radius 3 is 2.40 bits per heavy atom. The fraction of sp³-hybridized carbons (Fsp3) is 0.208. The molecular weight excluding hydrogens is 378 g/mol. The summed E-state index contributed by atoms with van der Waals surface area (Å²) >= 11 is 0. The number of ether oxygens (including phenoxy) is 2. The summed E-state index contributed by atoms with van der Waals surface area (Å²) in [7, 11) is 0. The molecule has 6 heteroatoms. The normalized spacial score (nSPS) is 10.9. The van der Waals surface area contributed by atoms with Crippen LogP contribution in [0.15, 0.2) is 65.5 Å². The van der Waals surface area contributed by atoms with Crippen LogP contribution in [0.5, 0.6) is 11.5 Å². The molecule has 0 radical (unpaired) electrons. The van der Waals surface area contributed by atoms with Crippen LogP contribution in [0.4, 0.5) is 5.69 Å². The molecule has 3 N–H and O–H groups in total. The molecule has 0 fully saturated rings. The van der Waals surface area contributed by atoms with Gasteiger partial charge in [-0.1, -0.05) is 35.9 Å². The molecule has 0 spiro atoms. The lowest BCUT2D eigenvalue weighted by Gasteiger charge is -2.14. The number of H-pyrrole nitrogens is 2. The first kappa shape index (κ1) is 19.6. The van der Waals surface area contributed by atoms with E-state index in [1.807, 2.05) is 43.3 Å².